The number of para-hydroxylation sites is 1. The number of halogens is 1. The molecule has 152 valence electrons. The number of rotatable bonds is 4. The van der Waals surface area contributed by atoms with Gasteiger partial charge in [0.2, 0.25) is 0 Å². The number of esters is 1. The van der Waals surface area contributed by atoms with E-state index in [-0.39, 0.29) is 17.9 Å². The van der Waals surface area contributed by atoms with Gasteiger partial charge in [0.25, 0.3) is 0 Å². The summed E-state index contributed by atoms with van der Waals surface area (Å²) >= 11 is 0. The lowest BCUT2D eigenvalue weighted by Gasteiger charge is -2.24. The molecule has 1 saturated heterocycles. The lowest BCUT2D eigenvalue weighted by Crippen LogP contribution is -2.26. The third-order valence-electron chi connectivity index (χ3n) is 5.97. The van der Waals surface area contributed by atoms with Gasteiger partial charge in [-0.05, 0) is 55.0 Å². The Morgan fingerprint density at radius 2 is 1.87 bits per heavy atom. The normalized spacial score (nSPS) is 21.9. The van der Waals surface area contributed by atoms with Crippen molar-refractivity contribution in [3.8, 4) is 11.1 Å². The number of carbonyl (C=O) groups excluding carboxylic acids is 1. The Hall–Kier alpha value is -3.01. The maximum absolute atomic E-state index is 13.6. The Kier molecular flexibility index (Phi) is 4.86. The van der Waals surface area contributed by atoms with Crippen LogP contribution in [0.3, 0.4) is 0 Å². The number of pyridine rings is 1. The summed E-state index contributed by atoms with van der Waals surface area (Å²) in [5.41, 5.74) is 5.12. The molecular formula is C26H24FNO2. The van der Waals surface area contributed by atoms with Crippen LogP contribution in [0.1, 0.15) is 49.8 Å². The van der Waals surface area contributed by atoms with Gasteiger partial charge in [0, 0.05) is 28.9 Å². The second kappa shape index (κ2) is 7.67. The van der Waals surface area contributed by atoms with Crippen LogP contribution >= 0.6 is 0 Å². The molecule has 2 aliphatic rings. The fourth-order valence-corrected chi connectivity index (χ4v) is 4.36. The molecule has 1 saturated carbocycles. The van der Waals surface area contributed by atoms with Crippen LogP contribution in [0.4, 0.5) is 4.39 Å². The second-order valence-electron chi connectivity index (χ2n) is 8.52. The van der Waals surface area contributed by atoms with Gasteiger partial charge in [-0.3, -0.25) is 9.78 Å². The van der Waals surface area contributed by atoms with Gasteiger partial charge in [-0.15, -0.1) is 0 Å². The van der Waals surface area contributed by atoms with E-state index in [0.29, 0.717) is 18.3 Å². The van der Waals surface area contributed by atoms with Crippen molar-refractivity contribution in [1.29, 1.82) is 0 Å². The first kappa shape index (κ1) is 19.0. The molecule has 2 aromatic carbocycles. The average Bonchev–Trinajstić information content (AvgIpc) is 3.57. The highest BCUT2D eigenvalue weighted by Crippen LogP contribution is 2.45. The van der Waals surface area contributed by atoms with E-state index in [1.807, 2.05) is 36.4 Å². The number of aromatic nitrogens is 1. The maximum atomic E-state index is 13.6. The summed E-state index contributed by atoms with van der Waals surface area (Å²) in [6.07, 6.45) is 7.42. The molecule has 3 aromatic rings. The molecule has 5 rings (SSSR count). The van der Waals surface area contributed by atoms with Crippen LogP contribution in [0.25, 0.3) is 28.1 Å². The molecule has 2 atom stereocenters. The van der Waals surface area contributed by atoms with Crippen LogP contribution in [0.5, 0.6) is 0 Å². The number of hydrogen-bond acceptors (Lipinski definition) is 3. The molecule has 1 aliphatic carbocycles. The standard InChI is InChI=1S/C26H24FNO2/c1-16-14-20(30-24(29)15-16)12-13-22-25(17-8-10-19(27)11-9-17)21-4-2-3-5-23(21)28-26(22)18-6-7-18/h2-5,8-13,16,18,20H,6-7,14-15H2,1H3/b13-12+/t16-,20-/m1/s1. The van der Waals surface area contributed by atoms with Crippen molar-refractivity contribution >= 4 is 22.9 Å². The third kappa shape index (κ3) is 3.74. The zero-order chi connectivity index (χ0) is 20.7. The van der Waals surface area contributed by atoms with Gasteiger partial charge in [-0.25, -0.2) is 4.39 Å². The number of carbonyl (C=O) groups is 1. The van der Waals surface area contributed by atoms with E-state index in [1.165, 1.54) is 12.1 Å². The average molecular weight is 401 g/mol. The largest absolute Gasteiger partial charge is 0.458 e. The Labute approximate surface area is 175 Å². The Balaban J connectivity index is 1.68. The molecule has 0 N–H and O–H groups in total. The molecule has 30 heavy (non-hydrogen) atoms. The lowest BCUT2D eigenvalue weighted by molar-refractivity contribution is -0.153. The van der Waals surface area contributed by atoms with Crippen LogP contribution in [0.2, 0.25) is 0 Å². The van der Waals surface area contributed by atoms with Gasteiger partial charge in [0.1, 0.15) is 11.9 Å². The van der Waals surface area contributed by atoms with Crippen LogP contribution in [-0.4, -0.2) is 17.1 Å². The Bertz CT molecular complexity index is 1130. The Morgan fingerprint density at radius 3 is 2.60 bits per heavy atom. The number of ether oxygens (including phenoxy) is 1. The minimum absolute atomic E-state index is 0.138. The van der Waals surface area contributed by atoms with Crippen molar-refractivity contribution in [2.24, 2.45) is 5.92 Å². The van der Waals surface area contributed by atoms with Crippen molar-refractivity contribution in [3.63, 3.8) is 0 Å². The van der Waals surface area contributed by atoms with Gasteiger partial charge in [-0.2, -0.15) is 0 Å². The summed E-state index contributed by atoms with van der Waals surface area (Å²) in [5, 5.41) is 1.04. The van der Waals surface area contributed by atoms with E-state index in [0.717, 1.165) is 52.5 Å². The summed E-state index contributed by atoms with van der Waals surface area (Å²) in [6, 6.07) is 14.8. The van der Waals surface area contributed by atoms with E-state index in [9.17, 15) is 9.18 Å². The monoisotopic (exact) mass is 401 g/mol. The summed E-state index contributed by atoms with van der Waals surface area (Å²) in [4.78, 5) is 16.9. The fraction of sp³-hybridized carbons (Fsp3) is 0.308. The molecular weight excluding hydrogens is 377 g/mol. The molecule has 0 spiro atoms. The SMILES string of the molecule is C[C@H]1CC(=O)O[C@H](/C=C/c2c(C3CC3)nc3ccccc3c2-c2ccc(F)cc2)C1. The molecule has 0 bridgehead atoms. The van der Waals surface area contributed by atoms with E-state index in [4.69, 9.17) is 9.72 Å². The summed E-state index contributed by atoms with van der Waals surface area (Å²) < 4.78 is 19.2. The number of hydrogen-bond donors (Lipinski definition) is 0. The number of fused-ring (bicyclic) bond motifs is 1. The van der Waals surface area contributed by atoms with Crippen LogP contribution in [-0.2, 0) is 9.53 Å². The van der Waals surface area contributed by atoms with Gasteiger partial charge in [0.05, 0.1) is 11.2 Å². The van der Waals surface area contributed by atoms with Crippen molar-refractivity contribution in [2.75, 3.05) is 0 Å². The summed E-state index contributed by atoms with van der Waals surface area (Å²) in [6.45, 7) is 2.08. The van der Waals surface area contributed by atoms with Gasteiger partial charge in [0.15, 0.2) is 0 Å². The van der Waals surface area contributed by atoms with Gasteiger partial charge >= 0.3 is 5.97 Å². The second-order valence-corrected chi connectivity index (χ2v) is 8.52. The number of cyclic esters (lactones) is 1. The molecule has 0 unspecified atom stereocenters. The molecule has 0 amide bonds. The van der Waals surface area contributed by atoms with Crippen molar-refractivity contribution in [1.82, 2.24) is 4.98 Å². The van der Waals surface area contributed by atoms with E-state index in [2.05, 4.69) is 19.1 Å². The van der Waals surface area contributed by atoms with Crippen molar-refractivity contribution in [3.05, 3.63) is 71.7 Å². The topological polar surface area (TPSA) is 39.2 Å². The van der Waals surface area contributed by atoms with E-state index < -0.39 is 0 Å². The molecule has 1 aromatic heterocycles. The number of benzene rings is 2. The minimum Gasteiger partial charge on any atom is -0.458 e. The predicted molar refractivity (Wildman–Crippen MR) is 116 cm³/mol. The fourth-order valence-electron chi connectivity index (χ4n) is 4.36. The quantitative estimate of drug-likeness (QED) is 0.484. The highest BCUT2D eigenvalue weighted by molar-refractivity contribution is 5.99. The first-order valence-corrected chi connectivity index (χ1v) is 10.6. The maximum Gasteiger partial charge on any atom is 0.306 e. The molecule has 1 aliphatic heterocycles. The van der Waals surface area contributed by atoms with Crippen LogP contribution in [0, 0.1) is 11.7 Å². The van der Waals surface area contributed by atoms with Gasteiger partial charge < -0.3 is 4.74 Å². The molecule has 0 radical (unpaired) electrons. The van der Waals surface area contributed by atoms with Gasteiger partial charge in [-0.1, -0.05) is 43.3 Å². The minimum atomic E-state index is -0.250. The van der Waals surface area contributed by atoms with Crippen LogP contribution in [0.15, 0.2) is 54.6 Å². The molecule has 2 fully saturated rings. The zero-order valence-corrected chi connectivity index (χ0v) is 17.0. The Morgan fingerprint density at radius 1 is 1.10 bits per heavy atom. The number of nitrogens with zero attached hydrogens (tertiary/aromatic N) is 1. The molecule has 3 nitrogen and oxygen atoms in total. The molecule has 2 heterocycles. The zero-order valence-electron chi connectivity index (χ0n) is 17.0. The summed E-state index contributed by atoms with van der Waals surface area (Å²) in [7, 11) is 0. The van der Waals surface area contributed by atoms with E-state index in [1.54, 1.807) is 0 Å². The predicted octanol–water partition coefficient (Wildman–Crippen LogP) is 6.27. The highest BCUT2D eigenvalue weighted by atomic mass is 19.1. The smallest absolute Gasteiger partial charge is 0.306 e. The first-order chi connectivity index (χ1) is 14.6. The van der Waals surface area contributed by atoms with E-state index >= 15 is 0 Å². The highest BCUT2D eigenvalue weighted by Gasteiger charge is 2.30. The lowest BCUT2D eigenvalue weighted by atomic mass is 9.91. The van der Waals surface area contributed by atoms with Crippen LogP contribution < -0.4 is 0 Å². The van der Waals surface area contributed by atoms with Crippen molar-refractivity contribution in [2.45, 2.75) is 44.6 Å². The third-order valence-corrected chi connectivity index (χ3v) is 5.97. The van der Waals surface area contributed by atoms with Crippen molar-refractivity contribution < 1.29 is 13.9 Å². The first-order valence-electron chi connectivity index (χ1n) is 10.6. The molecule has 4 heteroatoms. The summed E-state index contributed by atoms with van der Waals surface area (Å²) in [5.74, 6) is 0.373.